The average molecular weight is 296 g/mol. The molecule has 0 bridgehead atoms. The van der Waals surface area contributed by atoms with E-state index < -0.39 is 0 Å². The Morgan fingerprint density at radius 3 is 2.68 bits per heavy atom. The maximum atomic E-state index is 11.3. The van der Waals surface area contributed by atoms with E-state index in [0.29, 0.717) is 43.5 Å². The Bertz CT molecular complexity index is 724. The minimum absolute atomic E-state index is 0.0932. The number of rotatable bonds is 2. The van der Waals surface area contributed by atoms with Gasteiger partial charge >= 0.3 is 0 Å². The third-order valence-electron chi connectivity index (χ3n) is 3.80. The summed E-state index contributed by atoms with van der Waals surface area (Å²) in [6.07, 6.45) is 1.64. The molecule has 22 heavy (non-hydrogen) atoms. The highest BCUT2D eigenvalue weighted by Crippen LogP contribution is 2.27. The number of anilines is 1. The van der Waals surface area contributed by atoms with E-state index in [-0.39, 0.29) is 5.91 Å². The van der Waals surface area contributed by atoms with Gasteiger partial charge in [-0.15, -0.1) is 0 Å². The van der Waals surface area contributed by atoms with Gasteiger partial charge in [0.2, 0.25) is 5.91 Å². The molecular formula is C16H16N4O2. The van der Waals surface area contributed by atoms with Gasteiger partial charge in [0.25, 0.3) is 6.01 Å². The lowest BCUT2D eigenvalue weighted by Crippen LogP contribution is -2.48. The molecule has 112 valence electrons. The molecule has 1 aliphatic rings. The fraction of sp³-hybridized carbons (Fsp3) is 0.312. The molecule has 1 amide bonds. The molecule has 1 fully saturated rings. The highest BCUT2D eigenvalue weighted by molar-refractivity contribution is 5.73. The van der Waals surface area contributed by atoms with Crippen LogP contribution in [-0.2, 0) is 4.79 Å². The number of hydrogen-bond donors (Lipinski definition) is 0. The Labute approximate surface area is 128 Å². The van der Waals surface area contributed by atoms with Crippen molar-refractivity contribution in [1.29, 1.82) is 5.26 Å². The van der Waals surface area contributed by atoms with E-state index in [1.54, 1.807) is 19.2 Å². The molecule has 0 saturated carbocycles. The second-order valence-electron chi connectivity index (χ2n) is 5.16. The van der Waals surface area contributed by atoms with Crippen molar-refractivity contribution >= 4 is 11.9 Å². The van der Waals surface area contributed by atoms with Crippen molar-refractivity contribution in [3.63, 3.8) is 0 Å². The first-order valence-electron chi connectivity index (χ1n) is 7.15. The Morgan fingerprint density at radius 2 is 2.00 bits per heavy atom. The minimum Gasteiger partial charge on any atom is -0.423 e. The van der Waals surface area contributed by atoms with E-state index in [9.17, 15) is 4.79 Å². The van der Waals surface area contributed by atoms with Crippen LogP contribution in [0.25, 0.3) is 11.3 Å². The summed E-state index contributed by atoms with van der Waals surface area (Å²) in [4.78, 5) is 19.5. The summed E-state index contributed by atoms with van der Waals surface area (Å²) in [7, 11) is 0. The number of aromatic nitrogens is 1. The number of amides is 1. The SMILES string of the molecule is CC(=O)N1CCN(c2ncc(-c3ccccc3C#N)o2)CC1. The van der Waals surface area contributed by atoms with Gasteiger partial charge in [-0.1, -0.05) is 12.1 Å². The number of nitrogens with zero attached hydrogens (tertiary/aromatic N) is 4. The topological polar surface area (TPSA) is 73.4 Å². The highest BCUT2D eigenvalue weighted by Gasteiger charge is 2.22. The normalized spacial score (nSPS) is 14.7. The Morgan fingerprint density at radius 1 is 1.27 bits per heavy atom. The summed E-state index contributed by atoms with van der Waals surface area (Å²) in [5.41, 5.74) is 1.30. The number of benzene rings is 1. The van der Waals surface area contributed by atoms with Crippen molar-refractivity contribution in [3.05, 3.63) is 36.0 Å². The van der Waals surface area contributed by atoms with Gasteiger partial charge < -0.3 is 14.2 Å². The maximum Gasteiger partial charge on any atom is 0.297 e. The van der Waals surface area contributed by atoms with E-state index in [1.807, 2.05) is 28.0 Å². The predicted molar refractivity (Wildman–Crippen MR) is 81.1 cm³/mol. The number of carbonyl (C=O) groups is 1. The fourth-order valence-corrected chi connectivity index (χ4v) is 2.54. The Balaban J connectivity index is 1.78. The van der Waals surface area contributed by atoms with E-state index in [1.165, 1.54) is 0 Å². The first-order valence-corrected chi connectivity index (χ1v) is 7.15. The lowest BCUT2D eigenvalue weighted by molar-refractivity contribution is -0.129. The fourth-order valence-electron chi connectivity index (χ4n) is 2.54. The van der Waals surface area contributed by atoms with E-state index in [0.717, 1.165) is 5.56 Å². The van der Waals surface area contributed by atoms with Gasteiger partial charge in [-0.2, -0.15) is 5.26 Å². The Hall–Kier alpha value is -2.81. The van der Waals surface area contributed by atoms with Crippen LogP contribution in [0.15, 0.2) is 34.9 Å². The van der Waals surface area contributed by atoms with Gasteiger partial charge in [-0.05, 0) is 12.1 Å². The summed E-state index contributed by atoms with van der Waals surface area (Å²) in [5, 5.41) is 9.16. The third kappa shape index (κ3) is 2.66. The van der Waals surface area contributed by atoms with Gasteiger partial charge in [0.1, 0.15) is 0 Å². The van der Waals surface area contributed by atoms with Crippen molar-refractivity contribution in [2.24, 2.45) is 0 Å². The van der Waals surface area contributed by atoms with E-state index in [4.69, 9.17) is 9.68 Å². The molecule has 3 rings (SSSR count). The van der Waals surface area contributed by atoms with Crippen LogP contribution in [0.1, 0.15) is 12.5 Å². The van der Waals surface area contributed by atoms with E-state index in [2.05, 4.69) is 11.1 Å². The first-order chi connectivity index (χ1) is 10.7. The lowest BCUT2D eigenvalue weighted by atomic mass is 10.1. The van der Waals surface area contributed by atoms with Crippen LogP contribution in [-0.4, -0.2) is 42.0 Å². The van der Waals surface area contributed by atoms with Crippen LogP contribution in [0.2, 0.25) is 0 Å². The van der Waals surface area contributed by atoms with Crippen LogP contribution >= 0.6 is 0 Å². The lowest BCUT2D eigenvalue weighted by Gasteiger charge is -2.33. The highest BCUT2D eigenvalue weighted by atomic mass is 16.4. The standard InChI is InChI=1S/C16H16N4O2/c1-12(21)19-6-8-20(9-7-19)16-18-11-15(22-16)14-5-3-2-4-13(14)10-17/h2-5,11H,6-9H2,1H3. The zero-order valence-corrected chi connectivity index (χ0v) is 12.3. The van der Waals surface area contributed by atoms with E-state index >= 15 is 0 Å². The monoisotopic (exact) mass is 296 g/mol. The molecule has 0 N–H and O–H groups in total. The largest absolute Gasteiger partial charge is 0.423 e. The second kappa shape index (κ2) is 5.90. The zero-order chi connectivity index (χ0) is 15.5. The smallest absolute Gasteiger partial charge is 0.297 e. The van der Waals surface area contributed by atoms with Gasteiger partial charge in [0.15, 0.2) is 5.76 Å². The molecule has 1 saturated heterocycles. The molecule has 1 aromatic carbocycles. The van der Waals surface area contributed by atoms with Gasteiger partial charge in [-0.25, -0.2) is 4.98 Å². The molecule has 0 spiro atoms. The number of oxazole rings is 1. The van der Waals surface area contributed by atoms with Gasteiger partial charge in [0, 0.05) is 38.7 Å². The molecule has 0 atom stereocenters. The molecule has 0 unspecified atom stereocenters. The molecule has 2 heterocycles. The summed E-state index contributed by atoms with van der Waals surface area (Å²) in [6.45, 7) is 4.31. The minimum atomic E-state index is 0.0932. The van der Waals surface area contributed by atoms with Crippen molar-refractivity contribution in [3.8, 4) is 17.4 Å². The summed E-state index contributed by atoms with van der Waals surface area (Å²) in [6, 6.07) is 9.97. The molecule has 6 heteroatoms. The summed E-state index contributed by atoms with van der Waals surface area (Å²) in [5.74, 6) is 0.678. The van der Waals surface area contributed by atoms with Crippen molar-refractivity contribution in [2.75, 3.05) is 31.1 Å². The van der Waals surface area contributed by atoms with Crippen LogP contribution in [0.5, 0.6) is 0 Å². The zero-order valence-electron chi connectivity index (χ0n) is 12.3. The number of carbonyl (C=O) groups excluding carboxylic acids is 1. The van der Waals surface area contributed by atoms with Gasteiger partial charge in [-0.3, -0.25) is 4.79 Å². The molecule has 6 nitrogen and oxygen atoms in total. The summed E-state index contributed by atoms with van der Waals surface area (Å²) >= 11 is 0. The number of hydrogen-bond acceptors (Lipinski definition) is 5. The van der Waals surface area contributed by atoms with Crippen molar-refractivity contribution in [1.82, 2.24) is 9.88 Å². The van der Waals surface area contributed by atoms with Crippen molar-refractivity contribution < 1.29 is 9.21 Å². The van der Waals surface area contributed by atoms with Crippen LogP contribution in [0.3, 0.4) is 0 Å². The predicted octanol–water partition coefficient (Wildman–Crippen LogP) is 1.88. The first kappa shape index (κ1) is 14.1. The number of nitriles is 1. The van der Waals surface area contributed by atoms with Gasteiger partial charge in [0.05, 0.1) is 17.8 Å². The molecular weight excluding hydrogens is 280 g/mol. The molecule has 0 radical (unpaired) electrons. The van der Waals surface area contributed by atoms with Crippen molar-refractivity contribution in [2.45, 2.75) is 6.92 Å². The third-order valence-corrected chi connectivity index (χ3v) is 3.80. The average Bonchev–Trinajstić information content (AvgIpc) is 3.04. The van der Waals surface area contributed by atoms with Crippen LogP contribution in [0, 0.1) is 11.3 Å². The Kier molecular flexibility index (Phi) is 3.79. The summed E-state index contributed by atoms with van der Waals surface area (Å²) < 4.78 is 5.81. The molecule has 0 aliphatic carbocycles. The maximum absolute atomic E-state index is 11.3. The van der Waals surface area contributed by atoms with Crippen LogP contribution in [0.4, 0.5) is 6.01 Å². The number of piperazine rings is 1. The van der Waals surface area contributed by atoms with Crippen LogP contribution < -0.4 is 4.90 Å². The molecule has 1 aromatic heterocycles. The molecule has 1 aliphatic heterocycles. The molecule has 2 aromatic rings. The quantitative estimate of drug-likeness (QED) is 0.846. The second-order valence-corrected chi connectivity index (χ2v) is 5.16.